The maximum absolute atomic E-state index is 11.2. The van der Waals surface area contributed by atoms with Crippen molar-refractivity contribution in [3.63, 3.8) is 0 Å². The number of azide groups is 1. The molecule has 0 fully saturated rings. The van der Waals surface area contributed by atoms with Crippen LogP contribution in [0.5, 0.6) is 0 Å². The fraction of sp³-hybridized carbons (Fsp3) is 0.417. The van der Waals surface area contributed by atoms with Crippen LogP contribution in [0.2, 0.25) is 0 Å². The smallest absolute Gasteiger partial charge is 0.321 e. The summed E-state index contributed by atoms with van der Waals surface area (Å²) in [5, 5.41) is 15.4. The molecule has 0 amide bonds. The second-order valence-electron chi connectivity index (χ2n) is 3.92. The number of carbonyl (C=O) groups is 1. The summed E-state index contributed by atoms with van der Waals surface area (Å²) in [6.07, 6.45) is 0. The van der Waals surface area contributed by atoms with E-state index in [1.165, 1.54) is 0 Å². The van der Waals surface area contributed by atoms with Gasteiger partial charge < -0.3 is 10.4 Å². The van der Waals surface area contributed by atoms with Gasteiger partial charge in [0.05, 0.1) is 0 Å². The molecule has 0 bridgehead atoms. The molecule has 96 valence electrons. The van der Waals surface area contributed by atoms with E-state index in [1.54, 1.807) is 0 Å². The predicted molar refractivity (Wildman–Crippen MR) is 68.3 cm³/mol. The van der Waals surface area contributed by atoms with E-state index in [1.807, 2.05) is 37.3 Å². The third-order valence-corrected chi connectivity index (χ3v) is 2.73. The van der Waals surface area contributed by atoms with Gasteiger partial charge in [-0.2, -0.15) is 0 Å². The molecule has 0 aliphatic rings. The van der Waals surface area contributed by atoms with E-state index in [2.05, 4.69) is 15.3 Å². The predicted octanol–water partition coefficient (Wildman–Crippen LogP) is 2.14. The number of carboxylic acid groups (broad SMARTS) is 1. The van der Waals surface area contributed by atoms with Crippen LogP contribution in [0.15, 0.2) is 35.4 Å². The van der Waals surface area contributed by atoms with Crippen LogP contribution in [-0.2, 0) is 4.79 Å². The summed E-state index contributed by atoms with van der Waals surface area (Å²) >= 11 is 0. The zero-order valence-corrected chi connectivity index (χ0v) is 10.2. The van der Waals surface area contributed by atoms with Crippen LogP contribution in [0.4, 0.5) is 0 Å². The molecule has 0 aliphatic heterocycles. The molecule has 6 nitrogen and oxygen atoms in total. The first-order valence-electron chi connectivity index (χ1n) is 5.68. The first kappa shape index (κ1) is 14.0. The highest BCUT2D eigenvalue weighted by Crippen LogP contribution is 2.18. The highest BCUT2D eigenvalue weighted by molar-refractivity contribution is 5.74. The van der Waals surface area contributed by atoms with Crippen molar-refractivity contribution in [2.24, 2.45) is 5.11 Å². The van der Waals surface area contributed by atoms with Crippen molar-refractivity contribution < 1.29 is 9.90 Å². The first-order chi connectivity index (χ1) is 8.66. The second-order valence-corrected chi connectivity index (χ2v) is 3.92. The number of benzene rings is 1. The number of hydrogen-bond acceptors (Lipinski definition) is 3. The molecule has 2 N–H and O–H groups in total. The van der Waals surface area contributed by atoms with Gasteiger partial charge in [0, 0.05) is 23.9 Å². The summed E-state index contributed by atoms with van der Waals surface area (Å²) in [6.45, 7) is 2.44. The molecule has 0 radical (unpaired) electrons. The van der Waals surface area contributed by atoms with Crippen LogP contribution < -0.4 is 5.32 Å². The molecule has 6 heteroatoms. The highest BCUT2D eigenvalue weighted by atomic mass is 16.4. The molecule has 0 saturated carbocycles. The van der Waals surface area contributed by atoms with Gasteiger partial charge in [0.1, 0.15) is 6.04 Å². The number of nitrogens with zero attached hydrogens (tertiary/aromatic N) is 3. The number of hydrogen-bond donors (Lipinski definition) is 2. The molecule has 0 spiro atoms. The molecule has 1 rings (SSSR count). The molecule has 0 aliphatic carbocycles. The Labute approximate surface area is 105 Å². The summed E-state index contributed by atoms with van der Waals surface area (Å²) in [5.74, 6) is -1.07. The summed E-state index contributed by atoms with van der Waals surface area (Å²) in [6, 6.07) is 8.75. The molecule has 2 atom stereocenters. The lowest BCUT2D eigenvalue weighted by Crippen LogP contribution is -2.41. The van der Waals surface area contributed by atoms with Crippen molar-refractivity contribution in [2.75, 3.05) is 13.1 Å². The normalized spacial score (nSPS) is 13.4. The van der Waals surface area contributed by atoms with Gasteiger partial charge in [-0.05, 0) is 11.1 Å². The topological polar surface area (TPSA) is 98.1 Å². The standard InChI is InChI=1S/C12H16N4O2/c1-9(10-5-3-2-4-6-10)11(12(17)18)14-7-8-15-16-13/h2-6,9,11,14H,7-8H2,1H3,(H,17,18). The Morgan fingerprint density at radius 3 is 2.72 bits per heavy atom. The highest BCUT2D eigenvalue weighted by Gasteiger charge is 2.24. The molecule has 1 aromatic rings. The minimum absolute atomic E-state index is 0.158. The number of carboxylic acids is 1. The van der Waals surface area contributed by atoms with Crippen molar-refractivity contribution in [2.45, 2.75) is 18.9 Å². The maximum atomic E-state index is 11.2. The molecular weight excluding hydrogens is 232 g/mol. The molecular formula is C12H16N4O2. The quantitative estimate of drug-likeness (QED) is 0.334. The molecule has 18 heavy (non-hydrogen) atoms. The summed E-state index contributed by atoms with van der Waals surface area (Å²) < 4.78 is 0. The summed E-state index contributed by atoms with van der Waals surface area (Å²) in [5.41, 5.74) is 9.10. The van der Waals surface area contributed by atoms with E-state index in [9.17, 15) is 9.90 Å². The molecule has 0 saturated heterocycles. The van der Waals surface area contributed by atoms with Gasteiger partial charge >= 0.3 is 5.97 Å². The van der Waals surface area contributed by atoms with Crippen LogP contribution in [0.1, 0.15) is 18.4 Å². The van der Waals surface area contributed by atoms with Crippen molar-refractivity contribution in [3.8, 4) is 0 Å². The minimum atomic E-state index is -0.910. The number of nitrogens with one attached hydrogen (secondary N) is 1. The third kappa shape index (κ3) is 4.08. The monoisotopic (exact) mass is 248 g/mol. The Kier molecular flexibility index (Phi) is 5.70. The zero-order valence-electron chi connectivity index (χ0n) is 10.2. The number of aliphatic carboxylic acids is 1. The van der Waals surface area contributed by atoms with E-state index >= 15 is 0 Å². The van der Waals surface area contributed by atoms with Crippen LogP contribution in [0.3, 0.4) is 0 Å². The molecule has 0 heterocycles. The Morgan fingerprint density at radius 1 is 1.50 bits per heavy atom. The van der Waals surface area contributed by atoms with Gasteiger partial charge in [-0.3, -0.25) is 4.79 Å². The first-order valence-corrected chi connectivity index (χ1v) is 5.68. The van der Waals surface area contributed by atoms with Crippen LogP contribution in [0, 0.1) is 0 Å². The van der Waals surface area contributed by atoms with E-state index < -0.39 is 12.0 Å². The van der Waals surface area contributed by atoms with Gasteiger partial charge in [0.15, 0.2) is 0 Å². The van der Waals surface area contributed by atoms with Crippen molar-refractivity contribution in [1.82, 2.24) is 5.32 Å². The summed E-state index contributed by atoms with van der Waals surface area (Å²) in [4.78, 5) is 13.8. The average Bonchev–Trinajstić information content (AvgIpc) is 2.39. The third-order valence-electron chi connectivity index (χ3n) is 2.73. The van der Waals surface area contributed by atoms with E-state index in [0.717, 1.165) is 5.56 Å². The second kappa shape index (κ2) is 7.32. The summed E-state index contributed by atoms with van der Waals surface area (Å²) in [7, 11) is 0. The van der Waals surface area contributed by atoms with Crippen LogP contribution in [-0.4, -0.2) is 30.2 Å². The van der Waals surface area contributed by atoms with Gasteiger partial charge in [-0.15, -0.1) is 0 Å². The maximum Gasteiger partial charge on any atom is 0.321 e. The van der Waals surface area contributed by atoms with Crippen molar-refractivity contribution in [1.29, 1.82) is 0 Å². The van der Waals surface area contributed by atoms with Gasteiger partial charge in [-0.25, -0.2) is 0 Å². The lowest BCUT2D eigenvalue weighted by atomic mass is 9.93. The van der Waals surface area contributed by atoms with Crippen molar-refractivity contribution in [3.05, 3.63) is 46.3 Å². The molecule has 1 aromatic carbocycles. The van der Waals surface area contributed by atoms with Crippen molar-refractivity contribution >= 4 is 5.97 Å². The Morgan fingerprint density at radius 2 is 2.17 bits per heavy atom. The fourth-order valence-electron chi connectivity index (χ4n) is 1.74. The van der Waals surface area contributed by atoms with E-state index in [-0.39, 0.29) is 12.5 Å². The Balaban J connectivity index is 2.67. The van der Waals surface area contributed by atoms with Crippen LogP contribution in [0.25, 0.3) is 10.4 Å². The number of rotatable bonds is 7. The fourth-order valence-corrected chi connectivity index (χ4v) is 1.74. The van der Waals surface area contributed by atoms with E-state index in [0.29, 0.717) is 6.54 Å². The zero-order chi connectivity index (χ0) is 13.4. The SMILES string of the molecule is CC(c1ccccc1)C(NCCN=[N+]=[N-])C(=O)O. The van der Waals surface area contributed by atoms with Crippen LogP contribution >= 0.6 is 0 Å². The minimum Gasteiger partial charge on any atom is -0.480 e. The molecule has 0 aromatic heterocycles. The lowest BCUT2D eigenvalue weighted by molar-refractivity contribution is -0.140. The average molecular weight is 248 g/mol. The Hall–Kier alpha value is -2.04. The van der Waals surface area contributed by atoms with E-state index in [4.69, 9.17) is 5.53 Å². The Bertz CT molecular complexity index is 429. The molecule has 2 unspecified atom stereocenters. The van der Waals surface area contributed by atoms with Gasteiger partial charge in [0.2, 0.25) is 0 Å². The largest absolute Gasteiger partial charge is 0.480 e. The van der Waals surface area contributed by atoms with Gasteiger partial charge in [0.25, 0.3) is 0 Å². The lowest BCUT2D eigenvalue weighted by Gasteiger charge is -2.21. The van der Waals surface area contributed by atoms with Gasteiger partial charge in [-0.1, -0.05) is 42.4 Å².